The van der Waals surface area contributed by atoms with Crippen molar-refractivity contribution in [2.45, 2.75) is 27.3 Å². The van der Waals surface area contributed by atoms with Gasteiger partial charge in [-0.15, -0.1) is 0 Å². The smallest absolute Gasteiger partial charge is 0.309 e. The number of anilines is 1. The third-order valence-corrected chi connectivity index (χ3v) is 7.56. The fourth-order valence-electron chi connectivity index (χ4n) is 5.17. The SMILES string of the molecule is COc1cc(-c2cccc(-c3cccc(NC(=O)c4ncc(C)cn4)c3C)c2C)cc(F)c1CN1CC(C(=O)O)C1. The average molecular weight is 555 g/mol. The van der Waals surface area contributed by atoms with Crippen LogP contribution >= 0.6 is 0 Å². The van der Waals surface area contributed by atoms with E-state index in [-0.39, 0.29) is 12.4 Å². The quantitative estimate of drug-likeness (QED) is 0.290. The Labute approximate surface area is 237 Å². The molecule has 1 amide bonds. The number of nitrogens with one attached hydrogen (secondary N) is 1. The third-order valence-electron chi connectivity index (χ3n) is 7.56. The summed E-state index contributed by atoms with van der Waals surface area (Å²) in [4.78, 5) is 34.0. The van der Waals surface area contributed by atoms with Gasteiger partial charge in [-0.1, -0.05) is 30.3 Å². The van der Waals surface area contributed by atoms with Gasteiger partial charge in [0.05, 0.1) is 13.0 Å². The molecule has 2 N–H and O–H groups in total. The molecule has 1 aliphatic rings. The lowest BCUT2D eigenvalue weighted by atomic mass is 9.90. The van der Waals surface area contributed by atoms with Crippen LogP contribution < -0.4 is 10.1 Å². The van der Waals surface area contributed by atoms with Gasteiger partial charge in [0.25, 0.3) is 5.91 Å². The molecule has 1 fully saturated rings. The number of halogens is 1. The predicted octanol–water partition coefficient (Wildman–Crippen LogP) is 5.65. The van der Waals surface area contributed by atoms with Crippen LogP contribution in [0.4, 0.5) is 10.1 Å². The van der Waals surface area contributed by atoms with E-state index >= 15 is 4.39 Å². The zero-order valence-corrected chi connectivity index (χ0v) is 23.4. The van der Waals surface area contributed by atoms with Gasteiger partial charge in [0.1, 0.15) is 11.6 Å². The number of carbonyl (C=O) groups is 2. The van der Waals surface area contributed by atoms with Crippen LogP contribution in [-0.4, -0.2) is 52.1 Å². The molecule has 0 saturated carbocycles. The third kappa shape index (κ3) is 5.67. The highest BCUT2D eigenvalue weighted by Gasteiger charge is 2.33. The fourth-order valence-corrected chi connectivity index (χ4v) is 5.17. The van der Waals surface area contributed by atoms with E-state index in [9.17, 15) is 9.59 Å². The van der Waals surface area contributed by atoms with Crippen molar-refractivity contribution in [2.24, 2.45) is 5.92 Å². The van der Waals surface area contributed by atoms with Crippen molar-refractivity contribution in [3.63, 3.8) is 0 Å². The number of hydrogen-bond donors (Lipinski definition) is 2. The molecule has 4 aromatic rings. The molecule has 0 unspecified atom stereocenters. The van der Waals surface area contributed by atoms with E-state index < -0.39 is 23.6 Å². The van der Waals surface area contributed by atoms with E-state index in [1.54, 1.807) is 12.4 Å². The topological polar surface area (TPSA) is 105 Å². The van der Waals surface area contributed by atoms with E-state index in [4.69, 9.17) is 9.84 Å². The first-order valence-corrected chi connectivity index (χ1v) is 13.3. The minimum atomic E-state index is -0.831. The van der Waals surface area contributed by atoms with Gasteiger partial charge >= 0.3 is 5.97 Å². The van der Waals surface area contributed by atoms with Gasteiger partial charge in [0.2, 0.25) is 5.82 Å². The molecule has 0 atom stereocenters. The molecule has 5 rings (SSSR count). The Morgan fingerprint density at radius 1 is 1.00 bits per heavy atom. The Kier molecular flexibility index (Phi) is 7.81. The number of likely N-dealkylation sites (tertiary alicyclic amines) is 1. The molecule has 0 radical (unpaired) electrons. The van der Waals surface area contributed by atoms with E-state index in [1.807, 2.05) is 68.1 Å². The molecule has 41 heavy (non-hydrogen) atoms. The molecule has 2 heterocycles. The summed E-state index contributed by atoms with van der Waals surface area (Å²) in [6.45, 7) is 6.84. The van der Waals surface area contributed by atoms with Crippen LogP contribution in [0.5, 0.6) is 5.75 Å². The summed E-state index contributed by atoms with van der Waals surface area (Å²) in [5, 5.41) is 12.1. The Bertz CT molecular complexity index is 1630. The monoisotopic (exact) mass is 554 g/mol. The molecule has 1 aliphatic heterocycles. The minimum Gasteiger partial charge on any atom is -0.496 e. The van der Waals surface area contributed by atoms with Crippen LogP contribution in [0.25, 0.3) is 22.3 Å². The Hall–Kier alpha value is -4.63. The van der Waals surface area contributed by atoms with Gasteiger partial charge < -0.3 is 15.2 Å². The van der Waals surface area contributed by atoms with Crippen molar-refractivity contribution in [3.05, 3.63) is 94.8 Å². The molecule has 8 nitrogen and oxygen atoms in total. The van der Waals surface area contributed by atoms with Crippen LogP contribution in [0.3, 0.4) is 0 Å². The normalized spacial score (nSPS) is 13.5. The first-order chi connectivity index (χ1) is 19.7. The number of ether oxygens (including phenoxy) is 1. The van der Waals surface area contributed by atoms with Crippen molar-refractivity contribution in [2.75, 3.05) is 25.5 Å². The fraction of sp³-hybridized carbons (Fsp3) is 0.250. The number of carboxylic acids is 1. The summed E-state index contributed by atoms with van der Waals surface area (Å²) in [7, 11) is 1.51. The number of amides is 1. The lowest BCUT2D eigenvalue weighted by molar-refractivity contribution is -0.147. The van der Waals surface area contributed by atoms with Crippen molar-refractivity contribution < 1.29 is 23.8 Å². The second kappa shape index (κ2) is 11.5. The molecule has 9 heteroatoms. The van der Waals surface area contributed by atoms with Crippen LogP contribution in [0.15, 0.2) is 60.9 Å². The number of benzene rings is 3. The average Bonchev–Trinajstić information content (AvgIpc) is 2.92. The summed E-state index contributed by atoms with van der Waals surface area (Å²) < 4.78 is 21.0. The van der Waals surface area contributed by atoms with Crippen LogP contribution in [0, 0.1) is 32.5 Å². The summed E-state index contributed by atoms with van der Waals surface area (Å²) in [6, 6.07) is 14.9. The van der Waals surface area contributed by atoms with Crippen LogP contribution in [0.2, 0.25) is 0 Å². The Morgan fingerprint density at radius 2 is 1.63 bits per heavy atom. The maximum atomic E-state index is 15.4. The van der Waals surface area contributed by atoms with Gasteiger partial charge in [-0.05, 0) is 77.9 Å². The van der Waals surface area contributed by atoms with Gasteiger partial charge in [-0.3, -0.25) is 14.5 Å². The summed E-state index contributed by atoms with van der Waals surface area (Å²) in [6.07, 6.45) is 3.20. The molecule has 0 spiro atoms. The number of methoxy groups -OCH3 is 1. The number of carboxylic acid groups (broad SMARTS) is 1. The highest BCUT2D eigenvalue weighted by Crippen LogP contribution is 2.38. The van der Waals surface area contributed by atoms with Crippen LogP contribution in [-0.2, 0) is 11.3 Å². The van der Waals surface area contributed by atoms with E-state index in [0.29, 0.717) is 35.7 Å². The first kappa shape index (κ1) is 27.9. The lowest BCUT2D eigenvalue weighted by Gasteiger charge is -2.36. The minimum absolute atomic E-state index is 0.0915. The number of aryl methyl sites for hydroxylation is 1. The van der Waals surface area contributed by atoms with E-state index in [2.05, 4.69) is 15.3 Å². The lowest BCUT2D eigenvalue weighted by Crippen LogP contribution is -2.49. The Balaban J connectivity index is 1.44. The number of hydrogen-bond acceptors (Lipinski definition) is 6. The molecule has 1 saturated heterocycles. The van der Waals surface area contributed by atoms with Crippen molar-refractivity contribution in [1.82, 2.24) is 14.9 Å². The molecule has 210 valence electrons. The van der Waals surface area contributed by atoms with E-state index in [1.165, 1.54) is 13.2 Å². The maximum absolute atomic E-state index is 15.4. The summed E-state index contributed by atoms with van der Waals surface area (Å²) in [5.41, 5.74) is 7.15. The van der Waals surface area contributed by atoms with Crippen LogP contribution in [0.1, 0.15) is 32.9 Å². The number of nitrogens with zero attached hydrogens (tertiary/aromatic N) is 3. The molecular formula is C32H31FN4O4. The van der Waals surface area contributed by atoms with Gasteiger partial charge in [-0.25, -0.2) is 14.4 Å². The number of carbonyl (C=O) groups excluding carboxylic acids is 1. The second-order valence-electron chi connectivity index (χ2n) is 10.4. The number of aromatic nitrogens is 2. The second-order valence-corrected chi connectivity index (χ2v) is 10.4. The molecule has 0 bridgehead atoms. The summed E-state index contributed by atoms with van der Waals surface area (Å²) >= 11 is 0. The highest BCUT2D eigenvalue weighted by atomic mass is 19.1. The van der Waals surface area contributed by atoms with Gasteiger partial charge in [0, 0.05) is 43.3 Å². The molecular weight excluding hydrogens is 523 g/mol. The van der Waals surface area contributed by atoms with Gasteiger partial charge in [0.15, 0.2) is 0 Å². The van der Waals surface area contributed by atoms with E-state index in [0.717, 1.165) is 33.4 Å². The van der Waals surface area contributed by atoms with Crippen molar-refractivity contribution >= 4 is 17.6 Å². The van der Waals surface area contributed by atoms with Crippen molar-refractivity contribution in [3.8, 4) is 28.0 Å². The largest absolute Gasteiger partial charge is 0.496 e. The standard InChI is InChI=1S/C32H31FN4O4/c1-18-13-34-30(35-14-18)31(38)36-28-10-6-9-25(20(28)3)24-8-5-7-23(19(24)2)21-11-27(33)26(29(12-21)41-4)17-37-15-22(16-37)32(39)40/h5-14,22H,15-17H2,1-4H3,(H,36,38)(H,39,40). The maximum Gasteiger partial charge on any atom is 0.309 e. The number of rotatable bonds is 8. The van der Waals surface area contributed by atoms with Gasteiger partial charge in [-0.2, -0.15) is 0 Å². The predicted molar refractivity (Wildman–Crippen MR) is 154 cm³/mol. The zero-order chi connectivity index (χ0) is 29.3. The first-order valence-electron chi connectivity index (χ1n) is 13.3. The zero-order valence-electron chi connectivity index (χ0n) is 23.4. The molecule has 1 aromatic heterocycles. The molecule has 0 aliphatic carbocycles. The highest BCUT2D eigenvalue weighted by molar-refractivity contribution is 6.02. The Morgan fingerprint density at radius 3 is 2.29 bits per heavy atom. The molecule has 3 aromatic carbocycles. The van der Waals surface area contributed by atoms with Crippen molar-refractivity contribution in [1.29, 1.82) is 0 Å². The summed E-state index contributed by atoms with van der Waals surface area (Å²) in [5.74, 6) is -1.53. The number of aliphatic carboxylic acids is 1.